The molecule has 0 N–H and O–H groups in total. The molecular weight excluding hydrogens is 158 g/mol. The average molecular weight is 173 g/mol. The summed E-state index contributed by atoms with van der Waals surface area (Å²) >= 11 is 1.88. The van der Waals surface area contributed by atoms with Crippen LogP contribution in [0.3, 0.4) is 0 Å². The van der Waals surface area contributed by atoms with Crippen LogP contribution >= 0.6 is 11.8 Å². The highest BCUT2D eigenvalue weighted by atomic mass is 32.2. The van der Waals surface area contributed by atoms with E-state index in [2.05, 4.69) is 20.8 Å². The minimum absolute atomic E-state index is 0.210. The van der Waals surface area contributed by atoms with Gasteiger partial charge < -0.3 is 4.90 Å². The van der Waals surface area contributed by atoms with Crippen LogP contribution in [0.4, 0.5) is 0 Å². The molecule has 1 atom stereocenters. The van der Waals surface area contributed by atoms with E-state index in [-0.39, 0.29) is 5.41 Å². The van der Waals surface area contributed by atoms with Crippen molar-refractivity contribution in [3.63, 3.8) is 0 Å². The van der Waals surface area contributed by atoms with E-state index in [0.29, 0.717) is 5.37 Å². The van der Waals surface area contributed by atoms with Gasteiger partial charge in [0.25, 0.3) is 0 Å². The third-order valence-electron chi connectivity index (χ3n) is 1.80. The first kappa shape index (κ1) is 8.91. The monoisotopic (exact) mass is 173 g/mol. The molecule has 0 aromatic carbocycles. The lowest BCUT2D eigenvalue weighted by atomic mass is 9.96. The molecule has 0 unspecified atom stereocenters. The second-order valence-electron chi connectivity index (χ2n) is 3.93. The van der Waals surface area contributed by atoms with Crippen molar-refractivity contribution in [3.8, 4) is 0 Å². The molecule has 3 heteroatoms. The molecule has 0 aromatic rings. The third kappa shape index (κ3) is 1.89. The van der Waals surface area contributed by atoms with Crippen molar-refractivity contribution in [2.45, 2.75) is 26.1 Å². The van der Waals surface area contributed by atoms with Gasteiger partial charge in [0.15, 0.2) is 0 Å². The standard InChI is InChI=1S/C8H15NOS/c1-8(2,3)7-9(6-10)4-5-11-7/h6-7H,4-5H2,1-3H3/t7-/m1/s1. The molecule has 1 aliphatic rings. The first-order valence-electron chi connectivity index (χ1n) is 3.88. The van der Waals surface area contributed by atoms with Gasteiger partial charge in [0.2, 0.25) is 6.41 Å². The Morgan fingerprint density at radius 1 is 1.55 bits per heavy atom. The zero-order valence-electron chi connectivity index (χ0n) is 7.33. The lowest BCUT2D eigenvalue weighted by Gasteiger charge is -2.31. The molecular formula is C8H15NOS. The molecule has 0 aliphatic carbocycles. The molecule has 1 fully saturated rings. The summed E-state index contributed by atoms with van der Waals surface area (Å²) in [6.07, 6.45) is 0.968. The summed E-state index contributed by atoms with van der Waals surface area (Å²) in [5.74, 6) is 1.08. The lowest BCUT2D eigenvalue weighted by molar-refractivity contribution is -0.119. The van der Waals surface area contributed by atoms with Crippen LogP contribution in [0.2, 0.25) is 0 Å². The summed E-state index contributed by atoms with van der Waals surface area (Å²) < 4.78 is 0. The molecule has 2 nitrogen and oxygen atoms in total. The van der Waals surface area contributed by atoms with Gasteiger partial charge in [-0.05, 0) is 5.41 Å². The predicted molar refractivity (Wildman–Crippen MR) is 48.5 cm³/mol. The van der Waals surface area contributed by atoms with Crippen molar-refractivity contribution in [1.82, 2.24) is 4.90 Å². The molecule has 64 valence electrons. The number of carbonyl (C=O) groups is 1. The first-order valence-corrected chi connectivity index (χ1v) is 4.93. The molecule has 11 heavy (non-hydrogen) atoms. The smallest absolute Gasteiger partial charge is 0.210 e. The van der Waals surface area contributed by atoms with E-state index in [1.54, 1.807) is 0 Å². The van der Waals surface area contributed by atoms with Gasteiger partial charge in [-0.3, -0.25) is 4.79 Å². The summed E-state index contributed by atoms with van der Waals surface area (Å²) in [4.78, 5) is 12.5. The van der Waals surface area contributed by atoms with Gasteiger partial charge >= 0.3 is 0 Å². The third-order valence-corrected chi connectivity index (χ3v) is 3.51. The number of nitrogens with zero attached hydrogens (tertiary/aromatic N) is 1. The summed E-state index contributed by atoms with van der Waals surface area (Å²) in [5.41, 5.74) is 0.210. The van der Waals surface area contributed by atoms with Gasteiger partial charge in [-0.15, -0.1) is 11.8 Å². The minimum atomic E-state index is 0.210. The van der Waals surface area contributed by atoms with Crippen LogP contribution in [0, 0.1) is 5.41 Å². The Morgan fingerprint density at radius 3 is 2.55 bits per heavy atom. The second-order valence-corrected chi connectivity index (χ2v) is 5.12. The van der Waals surface area contributed by atoms with Crippen LogP contribution in [0.25, 0.3) is 0 Å². The molecule has 0 bridgehead atoms. The minimum Gasteiger partial charge on any atom is -0.332 e. The zero-order valence-corrected chi connectivity index (χ0v) is 8.15. The molecule has 0 aromatic heterocycles. The van der Waals surface area contributed by atoms with E-state index < -0.39 is 0 Å². The van der Waals surface area contributed by atoms with Crippen LogP contribution in [-0.2, 0) is 4.79 Å². The Kier molecular flexibility index (Phi) is 2.47. The SMILES string of the molecule is CC(C)(C)[C@H]1SCCN1C=O. The second kappa shape index (κ2) is 3.05. The van der Waals surface area contributed by atoms with Gasteiger partial charge in [-0.2, -0.15) is 0 Å². The van der Waals surface area contributed by atoms with Crippen LogP contribution in [-0.4, -0.2) is 29.0 Å². The maximum Gasteiger partial charge on any atom is 0.210 e. The number of amides is 1. The van der Waals surface area contributed by atoms with Crippen LogP contribution in [0.1, 0.15) is 20.8 Å². The molecule has 0 spiro atoms. The Hall–Kier alpha value is -0.180. The average Bonchev–Trinajstić information content (AvgIpc) is 2.31. The molecule has 1 amide bonds. The van der Waals surface area contributed by atoms with E-state index in [1.165, 1.54) is 0 Å². The number of thioether (sulfide) groups is 1. The fourth-order valence-electron chi connectivity index (χ4n) is 1.34. The summed E-state index contributed by atoms with van der Waals surface area (Å²) in [7, 11) is 0. The largest absolute Gasteiger partial charge is 0.332 e. The first-order chi connectivity index (χ1) is 5.05. The van der Waals surface area contributed by atoms with Crippen LogP contribution in [0.5, 0.6) is 0 Å². The zero-order chi connectivity index (χ0) is 8.48. The Morgan fingerprint density at radius 2 is 2.18 bits per heavy atom. The highest BCUT2D eigenvalue weighted by Crippen LogP contribution is 2.36. The van der Waals surface area contributed by atoms with Gasteiger partial charge in [0.1, 0.15) is 0 Å². The maximum atomic E-state index is 10.6. The highest BCUT2D eigenvalue weighted by Gasteiger charge is 2.33. The summed E-state index contributed by atoms with van der Waals surface area (Å²) in [6.45, 7) is 7.43. The van der Waals surface area contributed by atoms with E-state index in [4.69, 9.17) is 0 Å². The van der Waals surface area contributed by atoms with Crippen molar-refractivity contribution >= 4 is 18.2 Å². The lowest BCUT2D eigenvalue weighted by Crippen LogP contribution is -2.36. The predicted octanol–water partition coefficient (Wildman–Crippen LogP) is 1.56. The van der Waals surface area contributed by atoms with Crippen LogP contribution < -0.4 is 0 Å². The quantitative estimate of drug-likeness (QED) is 0.561. The molecule has 1 aliphatic heterocycles. The van der Waals surface area contributed by atoms with Gasteiger partial charge in [0.05, 0.1) is 5.37 Å². The molecule has 0 saturated carbocycles. The molecule has 1 heterocycles. The number of hydrogen-bond acceptors (Lipinski definition) is 2. The van der Waals surface area contributed by atoms with Gasteiger partial charge in [-0.1, -0.05) is 20.8 Å². The van der Waals surface area contributed by atoms with Gasteiger partial charge in [0, 0.05) is 12.3 Å². The fraction of sp³-hybridized carbons (Fsp3) is 0.875. The highest BCUT2D eigenvalue weighted by molar-refractivity contribution is 8.00. The van der Waals surface area contributed by atoms with Crippen LogP contribution in [0.15, 0.2) is 0 Å². The fourth-order valence-corrected chi connectivity index (χ4v) is 2.72. The maximum absolute atomic E-state index is 10.6. The topological polar surface area (TPSA) is 20.3 Å². The summed E-state index contributed by atoms with van der Waals surface area (Å²) in [5, 5.41) is 0.375. The molecule has 1 rings (SSSR count). The normalized spacial score (nSPS) is 25.7. The van der Waals surface area contributed by atoms with E-state index in [1.807, 2.05) is 16.7 Å². The van der Waals surface area contributed by atoms with E-state index >= 15 is 0 Å². The Bertz CT molecular complexity index is 153. The Labute approximate surface area is 72.3 Å². The molecule has 0 radical (unpaired) electrons. The van der Waals surface area contributed by atoms with Crippen molar-refractivity contribution in [2.24, 2.45) is 5.41 Å². The Balaban J connectivity index is 2.63. The number of hydrogen-bond donors (Lipinski definition) is 0. The summed E-state index contributed by atoms with van der Waals surface area (Å²) in [6, 6.07) is 0. The molecule has 1 saturated heterocycles. The number of carbonyl (C=O) groups excluding carboxylic acids is 1. The van der Waals surface area contributed by atoms with E-state index in [0.717, 1.165) is 18.7 Å². The van der Waals surface area contributed by atoms with Crippen molar-refractivity contribution in [2.75, 3.05) is 12.3 Å². The van der Waals surface area contributed by atoms with Crippen molar-refractivity contribution < 1.29 is 4.79 Å². The van der Waals surface area contributed by atoms with Gasteiger partial charge in [-0.25, -0.2) is 0 Å². The van der Waals surface area contributed by atoms with Crippen molar-refractivity contribution in [3.05, 3.63) is 0 Å². The van der Waals surface area contributed by atoms with E-state index in [9.17, 15) is 4.79 Å². The number of rotatable bonds is 1. The van der Waals surface area contributed by atoms with Crippen molar-refractivity contribution in [1.29, 1.82) is 0 Å².